The number of carbonyl (C=O) groups excluding carboxylic acids is 2. The van der Waals surface area contributed by atoms with E-state index < -0.39 is 12.1 Å². The second-order valence-electron chi connectivity index (χ2n) is 5.35. The van der Waals surface area contributed by atoms with Gasteiger partial charge in [0.2, 0.25) is 5.91 Å². The van der Waals surface area contributed by atoms with Crippen molar-refractivity contribution in [2.75, 3.05) is 5.75 Å². The Bertz CT molecular complexity index is 549. The van der Waals surface area contributed by atoms with Gasteiger partial charge in [0.05, 0.1) is 6.04 Å². The van der Waals surface area contributed by atoms with Crippen LogP contribution in [0, 0.1) is 12.0 Å². The van der Waals surface area contributed by atoms with Gasteiger partial charge in [-0.3, -0.25) is 9.59 Å². The number of nitrogens with one attached hydrogen (secondary N) is 1. The summed E-state index contributed by atoms with van der Waals surface area (Å²) in [6.07, 6.45) is 11.9. The molecule has 2 aliphatic heterocycles. The zero-order chi connectivity index (χ0) is 15.0. The van der Waals surface area contributed by atoms with Crippen molar-refractivity contribution in [3.05, 3.63) is 36.1 Å². The summed E-state index contributed by atoms with van der Waals surface area (Å²) >= 11 is 1.61. The van der Waals surface area contributed by atoms with Crippen LogP contribution in [0.1, 0.15) is 13.3 Å². The summed E-state index contributed by atoms with van der Waals surface area (Å²) in [5.41, 5.74) is 6.84. The Balaban J connectivity index is 0.00000176. The number of hydrogen-bond donors (Lipinski definition) is 2. The van der Waals surface area contributed by atoms with Crippen LogP contribution in [-0.2, 0) is 42.3 Å². The first-order valence-corrected chi connectivity index (χ1v) is 8.06. The molecule has 2 heterocycles. The molecule has 0 aromatic carbocycles. The minimum atomic E-state index is -0.656. The number of β-lactam (4-membered cyclic amide) rings is 1. The molecule has 0 bridgehead atoms. The minimum Gasteiger partial charge on any atom is -0.466 e. The number of thioether (sulfide) groups is 1. The molecule has 3 atom stereocenters. The van der Waals surface area contributed by atoms with Crippen LogP contribution in [-0.4, -0.2) is 39.9 Å². The maximum absolute atomic E-state index is 12.2. The fraction of sp³-hybridized carbons (Fsp3) is 0.467. The van der Waals surface area contributed by atoms with Crippen molar-refractivity contribution in [2.24, 2.45) is 11.7 Å². The van der Waals surface area contributed by atoms with Gasteiger partial charge >= 0.3 is 0 Å². The molecule has 1 aliphatic carbocycles. The van der Waals surface area contributed by atoms with E-state index in [-0.39, 0.29) is 55.8 Å². The summed E-state index contributed by atoms with van der Waals surface area (Å²) in [5.74, 6) is 0.296. The molecule has 1 fully saturated rings. The van der Waals surface area contributed by atoms with E-state index in [9.17, 15) is 9.59 Å². The van der Waals surface area contributed by atoms with Crippen molar-refractivity contribution in [1.29, 1.82) is 0 Å². The zero-order valence-electron chi connectivity index (χ0n) is 12.4. The number of nitrogens with two attached hydrogens (primary N) is 1. The van der Waals surface area contributed by atoms with Gasteiger partial charge in [0, 0.05) is 38.6 Å². The average molecular weight is 393 g/mol. The number of hydrogen-bond acceptors (Lipinski definition) is 4. The maximum atomic E-state index is 12.2. The molecule has 3 aliphatic rings. The molecule has 22 heavy (non-hydrogen) atoms. The molecule has 7 heteroatoms. The fourth-order valence-electron chi connectivity index (χ4n) is 2.72. The summed E-state index contributed by atoms with van der Waals surface area (Å²) in [6.45, 7) is 1.87. The normalized spacial score (nSPS) is 28.2. The third kappa shape index (κ3) is 3.25. The van der Waals surface area contributed by atoms with Crippen molar-refractivity contribution in [1.82, 2.24) is 10.2 Å². The molecule has 0 spiro atoms. The van der Waals surface area contributed by atoms with E-state index in [1.165, 1.54) is 0 Å². The van der Waals surface area contributed by atoms with Gasteiger partial charge in [0.25, 0.3) is 5.91 Å². The Morgan fingerprint density at radius 1 is 1.50 bits per heavy atom. The van der Waals surface area contributed by atoms with Gasteiger partial charge in [-0.15, -0.1) is 5.75 Å². The monoisotopic (exact) mass is 393 g/mol. The van der Waals surface area contributed by atoms with Crippen LogP contribution in [0.25, 0.3) is 0 Å². The van der Waals surface area contributed by atoms with Gasteiger partial charge in [-0.2, -0.15) is 17.5 Å². The van der Waals surface area contributed by atoms with E-state index in [4.69, 9.17) is 5.73 Å². The van der Waals surface area contributed by atoms with E-state index in [1.807, 2.05) is 31.2 Å². The van der Waals surface area contributed by atoms with E-state index in [0.717, 1.165) is 17.9 Å². The molecule has 3 N–H and O–H groups in total. The number of nitrogens with zero attached hydrogens (tertiary/aromatic N) is 1. The molecular formula is C15H18N3O2SY-. The predicted octanol–water partition coefficient (Wildman–Crippen LogP) is 0.550. The first-order valence-electron chi connectivity index (χ1n) is 7.01. The van der Waals surface area contributed by atoms with Crippen LogP contribution < -0.4 is 11.1 Å². The van der Waals surface area contributed by atoms with Crippen molar-refractivity contribution in [3.63, 3.8) is 0 Å². The minimum absolute atomic E-state index is 0. The van der Waals surface area contributed by atoms with Crippen molar-refractivity contribution in [3.8, 4) is 0 Å². The molecule has 115 valence electrons. The summed E-state index contributed by atoms with van der Waals surface area (Å²) in [4.78, 5) is 26.0. The molecule has 5 nitrogen and oxygen atoms in total. The largest absolute Gasteiger partial charge is 0.466 e. The first kappa shape index (κ1) is 17.9. The zero-order valence-corrected chi connectivity index (χ0v) is 16.0. The topological polar surface area (TPSA) is 75.4 Å². The average Bonchev–Trinajstić information content (AvgIpc) is 2.51. The van der Waals surface area contributed by atoms with Gasteiger partial charge < -0.3 is 22.0 Å². The first-order chi connectivity index (χ1) is 10.1. The number of fused-ring (bicyclic) bond motifs is 1. The van der Waals surface area contributed by atoms with Gasteiger partial charge in [-0.05, 0) is 6.42 Å². The predicted molar refractivity (Wildman–Crippen MR) is 81.8 cm³/mol. The Kier molecular flexibility index (Phi) is 6.05. The standard InChI is InChI=1S/C15H18N3O2S.Y/c1-9-7-8-21-15-12(14(20)18(9)15)17-13(19)11(16)10-5-3-2-4-6-10;/h3-6,10-12,15H,2,8,16H2,1H3,(H,17,19);/q-1;. The molecular weight excluding hydrogens is 375 g/mol. The second-order valence-corrected chi connectivity index (χ2v) is 6.46. The van der Waals surface area contributed by atoms with Crippen LogP contribution in [0.5, 0.6) is 0 Å². The second kappa shape index (κ2) is 7.43. The molecule has 3 rings (SSSR count). The number of amides is 2. The quantitative estimate of drug-likeness (QED) is 0.417. The number of carbonyl (C=O) groups is 2. The molecule has 2 amide bonds. The summed E-state index contributed by atoms with van der Waals surface area (Å²) < 4.78 is 0. The van der Waals surface area contributed by atoms with Crippen LogP contribution >= 0.6 is 11.8 Å². The molecule has 0 saturated carbocycles. The Hall–Kier alpha value is -0.426. The number of rotatable bonds is 3. The molecule has 1 saturated heterocycles. The van der Waals surface area contributed by atoms with Crippen LogP contribution in [0.4, 0.5) is 0 Å². The van der Waals surface area contributed by atoms with Gasteiger partial charge in [0.1, 0.15) is 11.4 Å². The van der Waals surface area contributed by atoms with E-state index in [1.54, 1.807) is 16.7 Å². The SMILES string of the molecule is CC1=[C-]CSC2C(NC(=O)C(N)C3C=CCC=C3)C(=O)N12.[Y]. The van der Waals surface area contributed by atoms with Crippen molar-refractivity contribution < 1.29 is 42.3 Å². The molecule has 0 aromatic heterocycles. The Labute approximate surface area is 159 Å². The Morgan fingerprint density at radius 2 is 2.18 bits per heavy atom. The summed E-state index contributed by atoms with van der Waals surface area (Å²) in [6, 6.07) is -1.13. The van der Waals surface area contributed by atoms with Gasteiger partial charge in [-0.25, -0.2) is 0 Å². The molecule has 1 radical (unpaired) electrons. The van der Waals surface area contributed by atoms with Crippen molar-refractivity contribution >= 4 is 23.6 Å². The number of allylic oxidation sites excluding steroid dienone is 3. The fourth-order valence-corrected chi connectivity index (χ4v) is 3.97. The van der Waals surface area contributed by atoms with Crippen LogP contribution in [0.2, 0.25) is 0 Å². The van der Waals surface area contributed by atoms with Gasteiger partial charge in [-0.1, -0.05) is 31.2 Å². The van der Waals surface area contributed by atoms with E-state index in [2.05, 4.69) is 11.4 Å². The van der Waals surface area contributed by atoms with Gasteiger partial charge in [0.15, 0.2) is 0 Å². The third-order valence-electron chi connectivity index (χ3n) is 3.99. The molecule has 0 aromatic rings. The molecule has 3 unspecified atom stereocenters. The van der Waals surface area contributed by atoms with Crippen molar-refractivity contribution in [2.45, 2.75) is 30.8 Å². The summed E-state index contributed by atoms with van der Waals surface area (Å²) in [7, 11) is 0. The maximum Gasteiger partial charge on any atom is 0.250 e. The third-order valence-corrected chi connectivity index (χ3v) is 5.13. The van der Waals surface area contributed by atoms with Crippen LogP contribution in [0.15, 0.2) is 30.0 Å². The Morgan fingerprint density at radius 3 is 2.86 bits per heavy atom. The summed E-state index contributed by atoms with van der Waals surface area (Å²) in [5, 5.41) is 2.78. The van der Waals surface area contributed by atoms with Crippen LogP contribution in [0.3, 0.4) is 0 Å². The smallest absolute Gasteiger partial charge is 0.250 e. The van der Waals surface area contributed by atoms with E-state index >= 15 is 0 Å². The van der Waals surface area contributed by atoms with E-state index in [0.29, 0.717) is 0 Å².